The van der Waals surface area contributed by atoms with Gasteiger partial charge in [0, 0.05) is 11.4 Å². The number of para-hydroxylation sites is 1. The fraction of sp³-hybridized carbons (Fsp3) is 0.333. The first-order chi connectivity index (χ1) is 7.84. The van der Waals surface area contributed by atoms with E-state index in [4.69, 9.17) is 12.2 Å². The summed E-state index contributed by atoms with van der Waals surface area (Å²) < 4.78 is 0. The maximum atomic E-state index is 5.14. The number of nitrogens with zero attached hydrogens (tertiary/aromatic N) is 1. The Kier molecular flexibility index (Phi) is 3.88. The van der Waals surface area contributed by atoms with Crippen LogP contribution in [0.5, 0.6) is 0 Å². The van der Waals surface area contributed by atoms with Gasteiger partial charge >= 0.3 is 0 Å². The molecule has 1 saturated carbocycles. The Labute approximate surface area is 101 Å². The summed E-state index contributed by atoms with van der Waals surface area (Å²) in [6.45, 7) is 0. The minimum absolute atomic E-state index is 0.547. The van der Waals surface area contributed by atoms with Crippen LogP contribution in [0.4, 0.5) is 5.69 Å². The lowest BCUT2D eigenvalue weighted by molar-refractivity contribution is 0.886. The second kappa shape index (κ2) is 5.61. The van der Waals surface area contributed by atoms with Crippen LogP contribution in [0.25, 0.3) is 0 Å². The summed E-state index contributed by atoms with van der Waals surface area (Å²) in [6.07, 6.45) is 4.70. The zero-order chi connectivity index (χ0) is 11.2. The van der Waals surface area contributed by atoms with Gasteiger partial charge in [0.1, 0.15) is 0 Å². The van der Waals surface area contributed by atoms with Crippen molar-refractivity contribution >= 4 is 28.7 Å². The summed E-state index contributed by atoms with van der Waals surface area (Å²) in [6, 6.07) is 9.84. The van der Waals surface area contributed by atoms with Crippen molar-refractivity contribution in [2.75, 3.05) is 5.32 Å². The van der Waals surface area contributed by atoms with Crippen molar-refractivity contribution in [3.8, 4) is 0 Å². The molecule has 84 valence electrons. The van der Waals surface area contributed by atoms with Crippen molar-refractivity contribution in [1.29, 1.82) is 0 Å². The molecule has 0 aliphatic heterocycles. The molecule has 4 heteroatoms. The third-order valence-electron chi connectivity index (χ3n) is 2.53. The molecule has 0 radical (unpaired) electrons. The molecule has 1 aromatic carbocycles. The standard InChI is InChI=1S/C12H15N3S/c16-12(13-10-6-2-1-3-7-10)15-14-11-8-4-5-9-11/h1-3,6-7H,4-5,8-9H2,(H2,13,15,16). The Morgan fingerprint density at radius 3 is 2.50 bits per heavy atom. The predicted molar refractivity (Wildman–Crippen MR) is 71.7 cm³/mol. The second-order valence-electron chi connectivity index (χ2n) is 3.82. The number of anilines is 1. The van der Waals surface area contributed by atoms with Crippen LogP contribution in [-0.4, -0.2) is 10.8 Å². The van der Waals surface area contributed by atoms with Crippen LogP contribution < -0.4 is 10.7 Å². The van der Waals surface area contributed by atoms with Crippen LogP contribution in [-0.2, 0) is 0 Å². The van der Waals surface area contributed by atoms with Gasteiger partial charge in [0.2, 0.25) is 0 Å². The van der Waals surface area contributed by atoms with Gasteiger partial charge in [-0.1, -0.05) is 18.2 Å². The SMILES string of the molecule is S=C(NN=C1CCCC1)Nc1ccccc1. The Morgan fingerprint density at radius 2 is 1.81 bits per heavy atom. The average molecular weight is 233 g/mol. The summed E-state index contributed by atoms with van der Waals surface area (Å²) in [5.41, 5.74) is 5.08. The third kappa shape index (κ3) is 3.31. The van der Waals surface area contributed by atoms with Crippen LogP contribution in [0.3, 0.4) is 0 Å². The van der Waals surface area contributed by atoms with Crippen molar-refractivity contribution in [2.24, 2.45) is 5.10 Å². The fourth-order valence-corrected chi connectivity index (χ4v) is 1.87. The second-order valence-corrected chi connectivity index (χ2v) is 4.23. The first kappa shape index (κ1) is 11.1. The summed E-state index contributed by atoms with van der Waals surface area (Å²) >= 11 is 5.14. The van der Waals surface area contributed by atoms with Gasteiger partial charge in [0.15, 0.2) is 5.11 Å². The Balaban J connectivity index is 1.82. The van der Waals surface area contributed by atoms with E-state index in [1.165, 1.54) is 18.6 Å². The van der Waals surface area contributed by atoms with E-state index in [9.17, 15) is 0 Å². The van der Waals surface area contributed by atoms with Crippen LogP contribution in [0, 0.1) is 0 Å². The topological polar surface area (TPSA) is 36.4 Å². The van der Waals surface area contributed by atoms with Gasteiger partial charge < -0.3 is 5.32 Å². The van der Waals surface area contributed by atoms with Gasteiger partial charge in [-0.15, -0.1) is 0 Å². The van der Waals surface area contributed by atoms with Gasteiger partial charge in [-0.3, -0.25) is 5.43 Å². The van der Waals surface area contributed by atoms with Gasteiger partial charge in [-0.25, -0.2) is 0 Å². The highest BCUT2D eigenvalue weighted by Crippen LogP contribution is 2.13. The quantitative estimate of drug-likeness (QED) is 0.609. The van der Waals surface area contributed by atoms with Gasteiger partial charge in [-0.2, -0.15) is 5.10 Å². The number of hydrogen-bond donors (Lipinski definition) is 2. The molecular formula is C12H15N3S. The van der Waals surface area contributed by atoms with Crippen molar-refractivity contribution in [2.45, 2.75) is 25.7 Å². The number of benzene rings is 1. The zero-order valence-electron chi connectivity index (χ0n) is 9.07. The molecule has 0 unspecified atom stereocenters. The molecule has 1 aliphatic carbocycles. The molecule has 0 spiro atoms. The summed E-state index contributed by atoms with van der Waals surface area (Å²) in [5.74, 6) is 0. The van der Waals surface area contributed by atoms with Gasteiger partial charge in [0.05, 0.1) is 0 Å². The Morgan fingerprint density at radius 1 is 1.12 bits per heavy atom. The molecule has 2 N–H and O–H groups in total. The monoisotopic (exact) mass is 233 g/mol. The molecule has 0 aromatic heterocycles. The van der Waals surface area contributed by atoms with E-state index in [-0.39, 0.29) is 0 Å². The third-order valence-corrected chi connectivity index (χ3v) is 2.72. The lowest BCUT2D eigenvalue weighted by atomic mass is 10.3. The number of rotatable bonds is 2. The van der Waals surface area contributed by atoms with Crippen molar-refractivity contribution in [3.63, 3.8) is 0 Å². The molecular weight excluding hydrogens is 218 g/mol. The lowest BCUT2D eigenvalue weighted by Gasteiger charge is -2.07. The first-order valence-corrected chi connectivity index (χ1v) is 5.93. The van der Waals surface area contributed by atoms with Crippen LogP contribution in [0.15, 0.2) is 35.4 Å². The van der Waals surface area contributed by atoms with Crippen LogP contribution in [0.1, 0.15) is 25.7 Å². The number of hydrogen-bond acceptors (Lipinski definition) is 2. The lowest BCUT2D eigenvalue weighted by Crippen LogP contribution is -2.24. The largest absolute Gasteiger partial charge is 0.331 e. The summed E-state index contributed by atoms with van der Waals surface area (Å²) in [4.78, 5) is 0. The Hall–Kier alpha value is -1.42. The van der Waals surface area contributed by atoms with E-state index >= 15 is 0 Å². The molecule has 0 heterocycles. The summed E-state index contributed by atoms with van der Waals surface area (Å²) in [5, 5.41) is 7.91. The van der Waals surface area contributed by atoms with E-state index in [2.05, 4.69) is 15.8 Å². The van der Waals surface area contributed by atoms with E-state index in [0.717, 1.165) is 18.5 Å². The molecule has 2 rings (SSSR count). The van der Waals surface area contributed by atoms with Gasteiger partial charge in [0.25, 0.3) is 0 Å². The Bertz CT molecular complexity index is 379. The molecule has 3 nitrogen and oxygen atoms in total. The highest BCUT2D eigenvalue weighted by molar-refractivity contribution is 7.80. The van der Waals surface area contributed by atoms with Crippen molar-refractivity contribution < 1.29 is 0 Å². The first-order valence-electron chi connectivity index (χ1n) is 5.52. The average Bonchev–Trinajstić information content (AvgIpc) is 2.81. The molecule has 0 amide bonds. The molecule has 0 bridgehead atoms. The smallest absolute Gasteiger partial charge is 0.191 e. The zero-order valence-corrected chi connectivity index (χ0v) is 9.89. The molecule has 0 saturated heterocycles. The number of thiocarbonyl (C=S) groups is 1. The van der Waals surface area contributed by atoms with Crippen molar-refractivity contribution in [1.82, 2.24) is 5.43 Å². The van der Waals surface area contributed by atoms with E-state index in [1.54, 1.807) is 0 Å². The summed E-state index contributed by atoms with van der Waals surface area (Å²) in [7, 11) is 0. The minimum Gasteiger partial charge on any atom is -0.331 e. The number of nitrogens with one attached hydrogen (secondary N) is 2. The highest BCUT2D eigenvalue weighted by Gasteiger charge is 2.07. The predicted octanol–water partition coefficient (Wildman–Crippen LogP) is 2.90. The fourth-order valence-electron chi connectivity index (χ4n) is 1.71. The van der Waals surface area contributed by atoms with E-state index in [1.807, 2.05) is 30.3 Å². The van der Waals surface area contributed by atoms with E-state index < -0.39 is 0 Å². The van der Waals surface area contributed by atoms with Crippen molar-refractivity contribution in [3.05, 3.63) is 30.3 Å². The maximum Gasteiger partial charge on any atom is 0.191 e. The maximum absolute atomic E-state index is 5.14. The molecule has 0 atom stereocenters. The number of hydrazone groups is 1. The van der Waals surface area contributed by atoms with Crippen LogP contribution in [0.2, 0.25) is 0 Å². The molecule has 16 heavy (non-hydrogen) atoms. The normalized spacial score (nSPS) is 14.6. The molecule has 1 aliphatic rings. The molecule has 1 aromatic rings. The van der Waals surface area contributed by atoms with E-state index in [0.29, 0.717) is 5.11 Å². The van der Waals surface area contributed by atoms with Gasteiger partial charge in [-0.05, 0) is 50.0 Å². The highest BCUT2D eigenvalue weighted by atomic mass is 32.1. The van der Waals surface area contributed by atoms with Crippen LogP contribution >= 0.6 is 12.2 Å². The molecule has 1 fully saturated rings. The minimum atomic E-state index is 0.547.